The third-order valence-electron chi connectivity index (χ3n) is 4.22. The van der Waals surface area contributed by atoms with E-state index in [1.54, 1.807) is 0 Å². The zero-order chi connectivity index (χ0) is 15.8. The van der Waals surface area contributed by atoms with Crippen LogP contribution in [-0.2, 0) is 14.4 Å². The Morgan fingerprint density at radius 3 is 2.57 bits per heavy atom. The lowest BCUT2D eigenvalue weighted by molar-refractivity contribution is -0.156. The Kier molecular flexibility index (Phi) is 4.02. The molecule has 0 spiro atoms. The first-order valence-electron chi connectivity index (χ1n) is 7.12. The molecule has 1 saturated heterocycles. The third-order valence-corrected chi connectivity index (χ3v) is 4.22. The van der Waals surface area contributed by atoms with Crippen molar-refractivity contribution in [1.29, 1.82) is 0 Å². The first-order chi connectivity index (χ1) is 9.74. The van der Waals surface area contributed by atoms with E-state index in [-0.39, 0.29) is 30.4 Å². The molecule has 0 bridgehead atoms. The highest BCUT2D eigenvalue weighted by atomic mass is 16.4. The second-order valence-electron chi connectivity index (χ2n) is 6.30. The van der Waals surface area contributed by atoms with Gasteiger partial charge in [-0.2, -0.15) is 5.10 Å². The van der Waals surface area contributed by atoms with E-state index < -0.39 is 17.4 Å². The van der Waals surface area contributed by atoms with Gasteiger partial charge in [0.1, 0.15) is 11.8 Å². The zero-order valence-corrected chi connectivity index (χ0v) is 12.6. The van der Waals surface area contributed by atoms with Crippen LogP contribution in [0.25, 0.3) is 0 Å². The summed E-state index contributed by atoms with van der Waals surface area (Å²) in [6.07, 6.45) is 2.03. The normalized spacial score (nSPS) is 25.6. The molecule has 2 aliphatic rings. The molecule has 2 amide bonds. The highest BCUT2D eigenvalue weighted by Crippen LogP contribution is 2.35. The third kappa shape index (κ3) is 2.91. The van der Waals surface area contributed by atoms with Crippen molar-refractivity contribution < 1.29 is 19.5 Å². The predicted octanol–water partition coefficient (Wildman–Crippen LogP) is 0.696. The van der Waals surface area contributed by atoms with E-state index in [2.05, 4.69) is 5.10 Å². The molecule has 1 unspecified atom stereocenters. The molecule has 0 saturated carbocycles. The van der Waals surface area contributed by atoms with Crippen molar-refractivity contribution >= 4 is 23.5 Å². The number of carbonyl (C=O) groups is 3. The van der Waals surface area contributed by atoms with Gasteiger partial charge in [0.2, 0.25) is 5.91 Å². The summed E-state index contributed by atoms with van der Waals surface area (Å²) in [6, 6.07) is -0.857. The lowest BCUT2D eigenvalue weighted by atomic mass is 9.76. The van der Waals surface area contributed by atoms with Crippen molar-refractivity contribution in [3.8, 4) is 0 Å². The van der Waals surface area contributed by atoms with E-state index in [0.717, 1.165) is 17.9 Å². The minimum absolute atomic E-state index is 0.139. The Morgan fingerprint density at radius 1 is 1.33 bits per heavy atom. The molecular weight excluding hydrogens is 274 g/mol. The fourth-order valence-electron chi connectivity index (χ4n) is 3.07. The van der Waals surface area contributed by atoms with E-state index in [4.69, 9.17) is 0 Å². The number of hydrogen-bond donors (Lipinski definition) is 1. The number of carboxylic acid groups (broad SMARTS) is 1. The molecular formula is C14H21N3O4. The fourth-order valence-corrected chi connectivity index (χ4v) is 3.07. The van der Waals surface area contributed by atoms with Gasteiger partial charge in [-0.25, -0.2) is 9.80 Å². The van der Waals surface area contributed by atoms with Gasteiger partial charge >= 0.3 is 5.97 Å². The van der Waals surface area contributed by atoms with Crippen molar-refractivity contribution in [2.45, 2.75) is 45.6 Å². The molecule has 7 heteroatoms. The van der Waals surface area contributed by atoms with Crippen LogP contribution in [0.15, 0.2) is 5.10 Å². The van der Waals surface area contributed by atoms with Gasteiger partial charge in [0, 0.05) is 26.4 Å². The predicted molar refractivity (Wildman–Crippen MR) is 75.6 cm³/mol. The van der Waals surface area contributed by atoms with Crippen LogP contribution >= 0.6 is 0 Å². The number of rotatable bonds is 2. The Balaban J connectivity index is 2.27. The minimum atomic E-state index is -0.992. The molecule has 2 aliphatic heterocycles. The number of aliphatic carboxylic acids is 1. The van der Waals surface area contributed by atoms with Gasteiger partial charge in [-0.3, -0.25) is 9.59 Å². The molecule has 2 rings (SSSR count). The van der Waals surface area contributed by atoms with E-state index in [1.165, 1.54) is 11.9 Å². The van der Waals surface area contributed by atoms with Crippen LogP contribution in [0.5, 0.6) is 0 Å². The van der Waals surface area contributed by atoms with Crippen LogP contribution in [0.4, 0.5) is 0 Å². The number of nitrogens with zero attached hydrogens (tertiary/aromatic N) is 3. The lowest BCUT2D eigenvalue weighted by Gasteiger charge is -2.44. The van der Waals surface area contributed by atoms with Gasteiger partial charge < -0.3 is 10.0 Å². The van der Waals surface area contributed by atoms with Gasteiger partial charge in [-0.15, -0.1) is 0 Å². The monoisotopic (exact) mass is 295 g/mol. The number of hydrazone groups is 1. The number of carbonyl (C=O) groups excluding carboxylic acids is 2. The highest BCUT2D eigenvalue weighted by molar-refractivity contribution is 6.39. The quantitative estimate of drug-likeness (QED) is 0.811. The lowest BCUT2D eigenvalue weighted by Crippen LogP contribution is -2.58. The Morgan fingerprint density at radius 2 is 2.00 bits per heavy atom. The number of piperidine rings is 1. The van der Waals surface area contributed by atoms with Gasteiger partial charge in [-0.05, 0) is 18.3 Å². The van der Waals surface area contributed by atoms with Crippen LogP contribution in [-0.4, -0.2) is 58.1 Å². The summed E-state index contributed by atoms with van der Waals surface area (Å²) in [6.45, 7) is 4.14. The smallest absolute Gasteiger partial charge is 0.326 e. The summed E-state index contributed by atoms with van der Waals surface area (Å²) in [5.74, 6) is -1.50. The van der Waals surface area contributed by atoms with Crippen molar-refractivity contribution in [2.24, 2.45) is 10.5 Å². The maximum absolute atomic E-state index is 12.6. The molecule has 21 heavy (non-hydrogen) atoms. The minimum Gasteiger partial charge on any atom is -0.480 e. The van der Waals surface area contributed by atoms with Gasteiger partial charge in [0.25, 0.3) is 5.91 Å². The topological polar surface area (TPSA) is 90.3 Å². The van der Waals surface area contributed by atoms with Crippen LogP contribution in [0, 0.1) is 5.41 Å². The second kappa shape index (κ2) is 5.46. The maximum atomic E-state index is 12.6. The molecule has 7 nitrogen and oxygen atoms in total. The summed E-state index contributed by atoms with van der Waals surface area (Å²) in [5, 5.41) is 14.6. The summed E-state index contributed by atoms with van der Waals surface area (Å²) < 4.78 is 0. The summed E-state index contributed by atoms with van der Waals surface area (Å²) in [4.78, 5) is 37.0. The average molecular weight is 295 g/mol. The number of amides is 2. The van der Waals surface area contributed by atoms with Crippen LogP contribution in [0.2, 0.25) is 0 Å². The van der Waals surface area contributed by atoms with Crippen molar-refractivity contribution in [3.63, 3.8) is 0 Å². The number of likely N-dealkylation sites (tertiary alicyclic amines) is 1. The Labute approximate surface area is 123 Å². The van der Waals surface area contributed by atoms with Crippen molar-refractivity contribution in [1.82, 2.24) is 9.91 Å². The van der Waals surface area contributed by atoms with Gasteiger partial charge in [0.05, 0.1) is 0 Å². The Hall–Kier alpha value is -1.92. The fraction of sp³-hybridized carbons (Fsp3) is 0.714. The first-order valence-corrected chi connectivity index (χ1v) is 7.12. The molecule has 0 aromatic heterocycles. The van der Waals surface area contributed by atoms with E-state index >= 15 is 0 Å². The highest BCUT2D eigenvalue weighted by Gasteiger charge is 2.45. The molecule has 116 valence electrons. The average Bonchev–Trinajstić information content (AvgIpc) is 2.39. The largest absolute Gasteiger partial charge is 0.480 e. The molecule has 1 atom stereocenters. The van der Waals surface area contributed by atoms with Crippen molar-refractivity contribution in [2.75, 3.05) is 13.6 Å². The molecule has 1 N–H and O–H groups in total. The van der Waals surface area contributed by atoms with Gasteiger partial charge in [0.15, 0.2) is 0 Å². The van der Waals surface area contributed by atoms with E-state index in [1.807, 2.05) is 13.8 Å². The summed E-state index contributed by atoms with van der Waals surface area (Å²) in [7, 11) is 1.50. The van der Waals surface area contributed by atoms with E-state index in [9.17, 15) is 19.5 Å². The SMILES string of the molecule is CN1N=C(C(=O)N2CCCC(C)(C)C2C(=O)O)CCC1=O. The standard InChI is InChI=1S/C14H21N3O4/c1-14(2)7-4-8-17(11(14)13(20)21)12(19)9-5-6-10(18)16(3)15-9/h11H,4-8H2,1-3H3,(H,20,21). The van der Waals surface area contributed by atoms with Crippen LogP contribution in [0.1, 0.15) is 39.5 Å². The number of carboxylic acids is 1. The van der Waals surface area contributed by atoms with Crippen LogP contribution < -0.4 is 0 Å². The molecule has 0 aromatic rings. The molecule has 1 fully saturated rings. The van der Waals surface area contributed by atoms with Crippen LogP contribution in [0.3, 0.4) is 0 Å². The molecule has 0 radical (unpaired) electrons. The molecule has 0 aliphatic carbocycles. The maximum Gasteiger partial charge on any atom is 0.326 e. The Bertz CT molecular complexity index is 512. The van der Waals surface area contributed by atoms with Gasteiger partial charge in [-0.1, -0.05) is 13.8 Å². The van der Waals surface area contributed by atoms with E-state index in [0.29, 0.717) is 6.54 Å². The molecule has 0 aromatic carbocycles. The first kappa shape index (κ1) is 15.5. The summed E-state index contributed by atoms with van der Waals surface area (Å²) in [5.41, 5.74) is -0.211. The second-order valence-corrected chi connectivity index (χ2v) is 6.30. The number of hydrogen-bond acceptors (Lipinski definition) is 4. The van der Waals surface area contributed by atoms with Crippen molar-refractivity contribution in [3.05, 3.63) is 0 Å². The molecule has 2 heterocycles. The summed E-state index contributed by atoms with van der Waals surface area (Å²) >= 11 is 0. The zero-order valence-electron chi connectivity index (χ0n) is 12.6.